The highest BCUT2D eigenvalue weighted by molar-refractivity contribution is 7.93. The van der Waals surface area contributed by atoms with Crippen molar-refractivity contribution in [3.63, 3.8) is 0 Å². The molecule has 9 heteroatoms. The number of methoxy groups -OCH3 is 1. The summed E-state index contributed by atoms with van der Waals surface area (Å²) < 4.78 is 31.9. The number of benzene rings is 1. The third-order valence-electron chi connectivity index (χ3n) is 2.52. The molecule has 0 fully saturated rings. The molecule has 0 aliphatic rings. The second-order valence-corrected chi connectivity index (χ2v) is 6.87. The van der Waals surface area contributed by atoms with Gasteiger partial charge in [-0.2, -0.15) is 0 Å². The predicted molar refractivity (Wildman–Crippen MR) is 80.1 cm³/mol. The zero-order valence-corrected chi connectivity index (χ0v) is 13.1. The summed E-state index contributed by atoms with van der Waals surface area (Å²) in [4.78, 5) is 10.5. The molecule has 0 amide bonds. The van der Waals surface area contributed by atoms with Gasteiger partial charge in [0.25, 0.3) is 10.0 Å². The van der Waals surface area contributed by atoms with Crippen LogP contribution in [0.3, 0.4) is 0 Å². The van der Waals surface area contributed by atoms with Gasteiger partial charge in [0.05, 0.1) is 12.8 Å². The largest absolute Gasteiger partial charge is 0.495 e. The van der Waals surface area contributed by atoms with Crippen LogP contribution in [0.15, 0.2) is 34.5 Å². The molecule has 2 rings (SSSR count). The Labute approximate surface area is 130 Å². The van der Waals surface area contributed by atoms with Gasteiger partial charge in [-0.3, -0.25) is 4.72 Å². The van der Waals surface area contributed by atoms with Crippen LogP contribution in [0.2, 0.25) is 5.02 Å². The van der Waals surface area contributed by atoms with Gasteiger partial charge in [-0.15, -0.1) is 11.3 Å². The van der Waals surface area contributed by atoms with E-state index in [9.17, 15) is 13.2 Å². The topological polar surface area (TPSA) is 92.7 Å². The number of carboxylic acid groups (broad SMARTS) is 1. The zero-order chi connectivity index (χ0) is 15.6. The van der Waals surface area contributed by atoms with E-state index in [1.54, 1.807) is 6.07 Å². The molecule has 0 saturated carbocycles. The molecule has 0 unspecified atom stereocenters. The predicted octanol–water partition coefficient (Wildman–Crippen LogP) is 2.91. The van der Waals surface area contributed by atoms with Gasteiger partial charge in [0.15, 0.2) is 0 Å². The summed E-state index contributed by atoms with van der Waals surface area (Å²) >= 11 is 6.66. The Balaban J connectivity index is 2.45. The van der Waals surface area contributed by atoms with Gasteiger partial charge < -0.3 is 9.84 Å². The second-order valence-electron chi connectivity index (χ2n) is 3.87. The fourth-order valence-corrected chi connectivity index (χ4v) is 4.12. The van der Waals surface area contributed by atoms with Crippen molar-refractivity contribution in [1.82, 2.24) is 0 Å². The minimum absolute atomic E-state index is 0.132. The van der Waals surface area contributed by atoms with Crippen molar-refractivity contribution in [2.75, 3.05) is 11.8 Å². The van der Waals surface area contributed by atoms with E-state index in [-0.39, 0.29) is 21.2 Å². The van der Waals surface area contributed by atoms with Crippen LogP contribution in [0.5, 0.6) is 5.75 Å². The van der Waals surface area contributed by atoms with Gasteiger partial charge in [0.2, 0.25) is 0 Å². The summed E-state index contributed by atoms with van der Waals surface area (Å²) in [6.45, 7) is 0. The standard InChI is InChI=1S/C12H10ClNO5S2/c1-19-9-3-2-7(13)6-8(9)14-21(17,18)10-4-5-20-11(10)12(15)16/h2-6,14H,1H3,(H,15,16). The lowest BCUT2D eigenvalue weighted by atomic mass is 10.3. The molecule has 0 aliphatic carbocycles. The van der Waals surface area contributed by atoms with Crippen LogP contribution in [-0.2, 0) is 10.0 Å². The van der Waals surface area contributed by atoms with E-state index in [1.807, 2.05) is 0 Å². The third-order valence-corrected chi connectivity index (χ3v) is 5.19. The van der Waals surface area contributed by atoms with E-state index in [0.717, 1.165) is 11.3 Å². The molecule has 2 N–H and O–H groups in total. The summed E-state index contributed by atoms with van der Waals surface area (Å²) in [5.41, 5.74) is 0.132. The lowest BCUT2D eigenvalue weighted by Gasteiger charge is -2.12. The fourth-order valence-electron chi connectivity index (χ4n) is 1.62. The Morgan fingerprint density at radius 2 is 2.10 bits per heavy atom. The molecule has 0 atom stereocenters. The Morgan fingerprint density at radius 1 is 1.38 bits per heavy atom. The fraction of sp³-hybridized carbons (Fsp3) is 0.0833. The highest BCUT2D eigenvalue weighted by Crippen LogP contribution is 2.31. The Morgan fingerprint density at radius 3 is 2.71 bits per heavy atom. The lowest BCUT2D eigenvalue weighted by Crippen LogP contribution is -2.15. The smallest absolute Gasteiger partial charge is 0.347 e. The second kappa shape index (κ2) is 5.92. The molecule has 0 spiro atoms. The number of hydrogen-bond acceptors (Lipinski definition) is 5. The minimum atomic E-state index is -4.05. The first-order valence-electron chi connectivity index (χ1n) is 5.52. The van der Waals surface area contributed by atoms with Gasteiger partial charge >= 0.3 is 5.97 Å². The van der Waals surface area contributed by atoms with E-state index < -0.39 is 16.0 Å². The van der Waals surface area contributed by atoms with Gasteiger partial charge in [0.1, 0.15) is 15.5 Å². The first kappa shape index (κ1) is 15.6. The maximum Gasteiger partial charge on any atom is 0.347 e. The molecular weight excluding hydrogens is 338 g/mol. The van der Waals surface area contributed by atoms with Gasteiger partial charge in [0, 0.05) is 5.02 Å². The molecule has 1 aromatic carbocycles. The molecule has 1 aromatic heterocycles. The average molecular weight is 348 g/mol. The maximum atomic E-state index is 12.3. The van der Waals surface area contributed by atoms with Crippen LogP contribution < -0.4 is 9.46 Å². The summed E-state index contributed by atoms with van der Waals surface area (Å²) in [7, 11) is -2.67. The molecule has 6 nitrogen and oxygen atoms in total. The number of anilines is 1. The molecule has 0 saturated heterocycles. The number of carboxylic acids is 1. The summed E-state index contributed by atoms with van der Waals surface area (Å²) in [5.74, 6) is -1.03. The molecule has 0 radical (unpaired) electrons. The van der Waals surface area contributed by atoms with E-state index >= 15 is 0 Å². The van der Waals surface area contributed by atoms with Crippen molar-refractivity contribution in [1.29, 1.82) is 0 Å². The number of ether oxygens (including phenoxy) is 1. The number of thiophene rings is 1. The van der Waals surface area contributed by atoms with Gasteiger partial charge in [-0.1, -0.05) is 11.6 Å². The normalized spacial score (nSPS) is 11.1. The van der Waals surface area contributed by atoms with E-state index in [1.165, 1.54) is 30.7 Å². The monoisotopic (exact) mass is 347 g/mol. The number of nitrogens with one attached hydrogen (secondary N) is 1. The van der Waals surface area contributed by atoms with Crippen molar-refractivity contribution >= 4 is 44.6 Å². The van der Waals surface area contributed by atoms with Gasteiger partial charge in [-0.25, -0.2) is 13.2 Å². The summed E-state index contributed by atoms with van der Waals surface area (Å²) in [5, 5.41) is 10.7. The number of halogens is 1. The van der Waals surface area contributed by atoms with Crippen molar-refractivity contribution in [3.05, 3.63) is 39.5 Å². The SMILES string of the molecule is COc1ccc(Cl)cc1NS(=O)(=O)c1ccsc1C(=O)O. The van der Waals surface area contributed by atoms with Crippen LogP contribution >= 0.6 is 22.9 Å². The number of rotatable bonds is 5. The molecule has 0 bridgehead atoms. The zero-order valence-electron chi connectivity index (χ0n) is 10.7. The molecule has 112 valence electrons. The van der Waals surface area contributed by atoms with Crippen LogP contribution in [0, 0.1) is 0 Å². The van der Waals surface area contributed by atoms with Crippen molar-refractivity contribution in [2.24, 2.45) is 0 Å². The van der Waals surface area contributed by atoms with Crippen LogP contribution in [-0.4, -0.2) is 26.6 Å². The minimum Gasteiger partial charge on any atom is -0.495 e. The van der Waals surface area contributed by atoms with Crippen molar-refractivity contribution < 1.29 is 23.1 Å². The molecule has 1 heterocycles. The summed E-state index contributed by atoms with van der Waals surface area (Å²) in [6.07, 6.45) is 0. The maximum absolute atomic E-state index is 12.3. The van der Waals surface area contributed by atoms with E-state index in [2.05, 4.69) is 4.72 Å². The Bertz CT molecular complexity index is 785. The van der Waals surface area contributed by atoms with E-state index in [4.69, 9.17) is 21.4 Å². The molecule has 2 aromatic rings. The number of sulfonamides is 1. The molecule has 21 heavy (non-hydrogen) atoms. The molecular formula is C12H10ClNO5S2. The van der Waals surface area contributed by atoms with E-state index in [0.29, 0.717) is 5.02 Å². The number of aromatic carboxylic acids is 1. The van der Waals surface area contributed by atoms with Crippen molar-refractivity contribution in [3.8, 4) is 5.75 Å². The highest BCUT2D eigenvalue weighted by Gasteiger charge is 2.24. The molecule has 0 aliphatic heterocycles. The lowest BCUT2D eigenvalue weighted by molar-refractivity contribution is 0.0698. The third kappa shape index (κ3) is 3.29. The number of carbonyl (C=O) groups is 1. The van der Waals surface area contributed by atoms with Crippen LogP contribution in [0.1, 0.15) is 9.67 Å². The van der Waals surface area contributed by atoms with Crippen LogP contribution in [0.25, 0.3) is 0 Å². The highest BCUT2D eigenvalue weighted by atomic mass is 35.5. The van der Waals surface area contributed by atoms with Gasteiger partial charge in [-0.05, 0) is 29.6 Å². The number of hydrogen-bond donors (Lipinski definition) is 2. The quantitative estimate of drug-likeness (QED) is 0.867. The Hall–Kier alpha value is -1.77. The van der Waals surface area contributed by atoms with Crippen molar-refractivity contribution in [2.45, 2.75) is 4.90 Å². The first-order valence-corrected chi connectivity index (χ1v) is 8.26. The van der Waals surface area contributed by atoms with Crippen LogP contribution in [0.4, 0.5) is 5.69 Å². The Kier molecular flexibility index (Phi) is 4.40. The first-order chi connectivity index (χ1) is 9.85. The average Bonchev–Trinajstić information content (AvgIpc) is 2.88. The summed E-state index contributed by atoms with van der Waals surface area (Å²) in [6, 6.07) is 5.66.